The summed E-state index contributed by atoms with van der Waals surface area (Å²) in [6.07, 6.45) is 6.24. The van der Waals surface area contributed by atoms with Crippen LogP contribution in [-0.4, -0.2) is 36.8 Å². The van der Waals surface area contributed by atoms with Crippen LogP contribution >= 0.6 is 0 Å². The van der Waals surface area contributed by atoms with E-state index in [1.165, 1.54) is 0 Å². The van der Waals surface area contributed by atoms with Crippen LogP contribution in [0.25, 0.3) is 0 Å². The fraction of sp³-hybridized carbons (Fsp3) is 0.500. The molecule has 0 amide bonds. The van der Waals surface area contributed by atoms with Gasteiger partial charge in [0.05, 0.1) is 6.26 Å². The summed E-state index contributed by atoms with van der Waals surface area (Å²) in [4.78, 5) is 16.2. The number of rotatable bonds is 12. The molecule has 0 fully saturated rings. The summed E-state index contributed by atoms with van der Waals surface area (Å²) in [5.74, 6) is 1.66. The molecule has 0 spiro atoms. The summed E-state index contributed by atoms with van der Waals surface area (Å²) >= 11 is 0. The van der Waals surface area contributed by atoms with Crippen LogP contribution in [0.5, 0.6) is 0 Å². The highest BCUT2D eigenvalue weighted by Crippen LogP contribution is 2.01. The van der Waals surface area contributed by atoms with E-state index in [1.54, 1.807) is 23.0 Å². The van der Waals surface area contributed by atoms with Gasteiger partial charge in [-0.05, 0) is 44.4 Å². The molecule has 0 atom stereocenters. The van der Waals surface area contributed by atoms with Gasteiger partial charge in [0.15, 0.2) is 5.96 Å². The van der Waals surface area contributed by atoms with Crippen LogP contribution in [0.2, 0.25) is 0 Å². The van der Waals surface area contributed by atoms with Crippen LogP contribution in [0.4, 0.5) is 0 Å². The van der Waals surface area contributed by atoms with Crippen LogP contribution in [-0.2, 0) is 17.9 Å². The van der Waals surface area contributed by atoms with Gasteiger partial charge in [0.2, 0.25) is 5.56 Å². The van der Waals surface area contributed by atoms with Gasteiger partial charge in [-0.2, -0.15) is 0 Å². The Morgan fingerprint density at radius 1 is 1.19 bits per heavy atom. The molecule has 2 aromatic heterocycles. The zero-order valence-corrected chi connectivity index (χ0v) is 16.0. The van der Waals surface area contributed by atoms with Gasteiger partial charge in [-0.25, -0.2) is 0 Å². The molecule has 27 heavy (non-hydrogen) atoms. The van der Waals surface area contributed by atoms with Crippen molar-refractivity contribution in [1.29, 1.82) is 0 Å². The number of ether oxygens (including phenoxy) is 1. The molecule has 0 unspecified atom stereocenters. The Balaban J connectivity index is 1.57. The second-order valence-electron chi connectivity index (χ2n) is 6.11. The van der Waals surface area contributed by atoms with Crippen LogP contribution in [0.15, 0.2) is 57.0 Å². The van der Waals surface area contributed by atoms with Gasteiger partial charge in [-0.15, -0.1) is 0 Å². The maximum atomic E-state index is 11.6. The van der Waals surface area contributed by atoms with E-state index in [9.17, 15) is 4.79 Å². The van der Waals surface area contributed by atoms with Gasteiger partial charge in [-0.1, -0.05) is 6.07 Å². The second kappa shape index (κ2) is 12.8. The van der Waals surface area contributed by atoms with Crippen LogP contribution in [0, 0.1) is 0 Å². The number of guanidine groups is 1. The lowest BCUT2D eigenvalue weighted by Gasteiger charge is -2.11. The van der Waals surface area contributed by atoms with Crippen molar-refractivity contribution in [1.82, 2.24) is 15.2 Å². The Hall–Kier alpha value is -2.54. The number of hydrogen-bond acceptors (Lipinski definition) is 4. The lowest BCUT2D eigenvalue weighted by atomic mass is 10.3. The molecule has 2 rings (SSSR count). The fourth-order valence-corrected chi connectivity index (χ4v) is 2.53. The van der Waals surface area contributed by atoms with Crippen molar-refractivity contribution < 1.29 is 9.15 Å². The van der Waals surface area contributed by atoms with Gasteiger partial charge in [0, 0.05) is 45.0 Å². The van der Waals surface area contributed by atoms with Crippen LogP contribution in [0.3, 0.4) is 0 Å². The first kappa shape index (κ1) is 20.8. The molecule has 2 aromatic rings. The van der Waals surface area contributed by atoms with E-state index in [1.807, 2.05) is 31.3 Å². The molecule has 7 heteroatoms. The fourth-order valence-electron chi connectivity index (χ4n) is 2.53. The minimum absolute atomic E-state index is 0.0506. The van der Waals surface area contributed by atoms with E-state index in [0.717, 1.165) is 50.6 Å². The number of aliphatic imine (C=N–C) groups is 1. The van der Waals surface area contributed by atoms with E-state index in [2.05, 4.69) is 15.6 Å². The van der Waals surface area contributed by atoms with Gasteiger partial charge < -0.3 is 24.4 Å². The lowest BCUT2D eigenvalue weighted by Crippen LogP contribution is -2.38. The predicted molar refractivity (Wildman–Crippen MR) is 107 cm³/mol. The Kier molecular flexibility index (Phi) is 9.81. The Labute approximate surface area is 160 Å². The normalized spacial score (nSPS) is 11.5. The number of aryl methyl sites for hydroxylation is 1. The number of furan rings is 1. The first-order valence-corrected chi connectivity index (χ1v) is 9.57. The number of unbranched alkanes of at least 4 members (excludes halogenated alkanes) is 1. The van der Waals surface area contributed by atoms with Crippen LogP contribution < -0.4 is 16.2 Å². The van der Waals surface area contributed by atoms with E-state index >= 15 is 0 Å². The van der Waals surface area contributed by atoms with E-state index in [-0.39, 0.29) is 5.56 Å². The van der Waals surface area contributed by atoms with Gasteiger partial charge in [0.1, 0.15) is 12.4 Å². The van der Waals surface area contributed by atoms with Crippen molar-refractivity contribution in [2.75, 3.05) is 26.2 Å². The summed E-state index contributed by atoms with van der Waals surface area (Å²) in [5, 5.41) is 6.57. The van der Waals surface area contributed by atoms with Crippen molar-refractivity contribution in [3.05, 3.63) is 58.9 Å². The Morgan fingerprint density at radius 2 is 2.11 bits per heavy atom. The third-order valence-electron chi connectivity index (χ3n) is 3.90. The number of pyridine rings is 1. The molecule has 0 saturated heterocycles. The Bertz CT molecular complexity index is 710. The molecule has 0 saturated carbocycles. The molecule has 0 radical (unpaired) electrons. The number of nitrogens with one attached hydrogen (secondary N) is 2. The number of hydrogen-bond donors (Lipinski definition) is 2. The summed E-state index contributed by atoms with van der Waals surface area (Å²) in [6, 6.07) is 9.00. The maximum Gasteiger partial charge on any atom is 0.250 e. The van der Waals surface area contributed by atoms with Crippen LogP contribution in [0.1, 0.15) is 31.9 Å². The highest BCUT2D eigenvalue weighted by Gasteiger charge is 1.99. The molecular formula is C20H30N4O3. The SMILES string of the molecule is CCNC(=NCCCOCc1ccco1)NCCCCn1ccccc1=O. The molecule has 0 aliphatic carbocycles. The van der Waals surface area contributed by atoms with E-state index in [4.69, 9.17) is 9.15 Å². The first-order chi connectivity index (χ1) is 13.3. The van der Waals surface area contributed by atoms with E-state index < -0.39 is 0 Å². The largest absolute Gasteiger partial charge is 0.467 e. The van der Waals surface area contributed by atoms with Crippen molar-refractivity contribution in [3.63, 3.8) is 0 Å². The molecule has 2 heterocycles. The summed E-state index contributed by atoms with van der Waals surface area (Å²) in [7, 11) is 0. The summed E-state index contributed by atoms with van der Waals surface area (Å²) in [5.41, 5.74) is 0.0506. The smallest absolute Gasteiger partial charge is 0.250 e. The quantitative estimate of drug-likeness (QED) is 0.339. The minimum Gasteiger partial charge on any atom is -0.467 e. The van der Waals surface area contributed by atoms with Crippen molar-refractivity contribution in [2.45, 2.75) is 39.3 Å². The predicted octanol–water partition coefficient (Wildman–Crippen LogP) is 2.38. The van der Waals surface area contributed by atoms with E-state index in [0.29, 0.717) is 19.8 Å². The zero-order valence-electron chi connectivity index (χ0n) is 16.0. The second-order valence-corrected chi connectivity index (χ2v) is 6.11. The van der Waals surface area contributed by atoms with Crippen molar-refractivity contribution in [2.24, 2.45) is 4.99 Å². The highest BCUT2D eigenvalue weighted by atomic mass is 16.5. The van der Waals surface area contributed by atoms with Crippen molar-refractivity contribution in [3.8, 4) is 0 Å². The topological polar surface area (TPSA) is 80.8 Å². The number of aromatic nitrogens is 1. The first-order valence-electron chi connectivity index (χ1n) is 9.57. The third-order valence-corrected chi connectivity index (χ3v) is 3.90. The summed E-state index contributed by atoms with van der Waals surface area (Å²) in [6.45, 7) is 6.28. The summed E-state index contributed by atoms with van der Waals surface area (Å²) < 4.78 is 12.5. The Morgan fingerprint density at radius 3 is 2.89 bits per heavy atom. The van der Waals surface area contributed by atoms with Gasteiger partial charge >= 0.3 is 0 Å². The van der Waals surface area contributed by atoms with Gasteiger partial charge in [0.25, 0.3) is 0 Å². The zero-order chi connectivity index (χ0) is 19.2. The average Bonchev–Trinajstić information content (AvgIpc) is 3.19. The standard InChI is InChI=1S/C20H30N4O3/c1-2-21-20(23-12-8-15-26-17-18-9-7-16-27-18)22-11-4-6-14-24-13-5-3-10-19(24)25/h3,5,7,9-10,13,16H,2,4,6,8,11-12,14-15,17H2,1H3,(H2,21,22,23). The maximum absolute atomic E-state index is 11.6. The monoisotopic (exact) mass is 374 g/mol. The molecule has 2 N–H and O–H groups in total. The van der Waals surface area contributed by atoms with Gasteiger partial charge in [-0.3, -0.25) is 9.79 Å². The highest BCUT2D eigenvalue weighted by molar-refractivity contribution is 5.79. The molecule has 0 bridgehead atoms. The van der Waals surface area contributed by atoms with Crippen molar-refractivity contribution >= 4 is 5.96 Å². The number of nitrogens with zero attached hydrogens (tertiary/aromatic N) is 2. The molecule has 0 aliphatic rings. The lowest BCUT2D eigenvalue weighted by molar-refractivity contribution is 0.105. The molecule has 148 valence electrons. The molecule has 7 nitrogen and oxygen atoms in total. The average molecular weight is 374 g/mol. The molecule has 0 aliphatic heterocycles. The minimum atomic E-state index is 0.0506. The third kappa shape index (κ3) is 8.59. The molecular weight excluding hydrogens is 344 g/mol. The molecule has 0 aromatic carbocycles.